The lowest BCUT2D eigenvalue weighted by Gasteiger charge is -2.18. The molecule has 0 aliphatic heterocycles. The van der Waals surface area contributed by atoms with Crippen LogP contribution in [0, 0.1) is 0 Å². The topological polar surface area (TPSA) is 61.8 Å². The second-order valence-corrected chi connectivity index (χ2v) is 17.8. The van der Waals surface area contributed by atoms with E-state index in [0.717, 1.165) is 32.1 Å². The van der Waals surface area contributed by atoms with Crippen LogP contribution in [0.3, 0.4) is 0 Å². The lowest BCUT2D eigenvalue weighted by molar-refractivity contribution is -0.163. The van der Waals surface area contributed by atoms with Gasteiger partial charge in [0.2, 0.25) is 0 Å². The van der Waals surface area contributed by atoms with Crippen molar-refractivity contribution in [2.45, 2.75) is 297 Å². The highest BCUT2D eigenvalue weighted by Gasteiger charge is 2.17. The van der Waals surface area contributed by atoms with Crippen molar-refractivity contribution in [2.75, 3.05) is 19.8 Å². The van der Waals surface area contributed by atoms with Gasteiger partial charge in [-0.2, -0.15) is 0 Å². The lowest BCUT2D eigenvalue weighted by atomic mass is 10.0. The molecular weight excluding hydrogens is 717 g/mol. The second kappa shape index (κ2) is 50.0. The van der Waals surface area contributed by atoms with E-state index in [-0.39, 0.29) is 18.5 Å². The summed E-state index contributed by atoms with van der Waals surface area (Å²) in [6.07, 6.45) is 56.5. The summed E-state index contributed by atoms with van der Waals surface area (Å²) < 4.78 is 17.4. The Morgan fingerprint density at radius 1 is 0.362 bits per heavy atom. The third kappa shape index (κ3) is 47.3. The van der Waals surface area contributed by atoms with Gasteiger partial charge < -0.3 is 14.2 Å². The maximum Gasteiger partial charge on any atom is 0.306 e. The van der Waals surface area contributed by atoms with Gasteiger partial charge in [-0.25, -0.2) is 0 Å². The molecule has 0 aromatic rings. The van der Waals surface area contributed by atoms with Crippen LogP contribution in [0.15, 0.2) is 12.2 Å². The predicted octanol–water partition coefficient (Wildman–Crippen LogP) is 17.5. The van der Waals surface area contributed by atoms with Gasteiger partial charge in [0.05, 0.1) is 6.61 Å². The van der Waals surface area contributed by atoms with Crippen molar-refractivity contribution in [2.24, 2.45) is 0 Å². The molecule has 0 aromatic heterocycles. The Kier molecular flexibility index (Phi) is 48.8. The Morgan fingerprint density at radius 2 is 0.672 bits per heavy atom. The molecule has 5 heteroatoms. The van der Waals surface area contributed by atoms with E-state index in [1.807, 2.05) is 0 Å². The average Bonchev–Trinajstić information content (AvgIpc) is 3.22. The molecule has 0 saturated carbocycles. The monoisotopic (exact) mass is 819 g/mol. The minimum Gasteiger partial charge on any atom is -0.462 e. The van der Waals surface area contributed by atoms with E-state index in [9.17, 15) is 9.59 Å². The largest absolute Gasteiger partial charge is 0.462 e. The van der Waals surface area contributed by atoms with Crippen LogP contribution >= 0.6 is 0 Å². The third-order valence-electron chi connectivity index (χ3n) is 11.8. The van der Waals surface area contributed by atoms with E-state index in [1.54, 1.807) is 0 Å². The minimum atomic E-state index is -0.526. The normalized spacial score (nSPS) is 12.1. The van der Waals surface area contributed by atoms with Gasteiger partial charge in [0, 0.05) is 19.4 Å². The number of unbranched alkanes of at least 4 members (excludes halogenated alkanes) is 36. The van der Waals surface area contributed by atoms with Crippen LogP contribution in [-0.2, 0) is 23.8 Å². The van der Waals surface area contributed by atoms with Crippen molar-refractivity contribution in [3.8, 4) is 0 Å². The van der Waals surface area contributed by atoms with Crippen molar-refractivity contribution in [1.82, 2.24) is 0 Å². The van der Waals surface area contributed by atoms with Crippen molar-refractivity contribution < 1.29 is 23.8 Å². The van der Waals surface area contributed by atoms with Crippen molar-refractivity contribution in [1.29, 1.82) is 0 Å². The highest BCUT2D eigenvalue weighted by molar-refractivity contribution is 5.70. The van der Waals surface area contributed by atoms with Crippen LogP contribution in [-0.4, -0.2) is 37.9 Å². The maximum absolute atomic E-state index is 12.8. The summed E-state index contributed by atoms with van der Waals surface area (Å²) in [7, 11) is 0. The van der Waals surface area contributed by atoms with E-state index in [4.69, 9.17) is 14.2 Å². The average molecular weight is 819 g/mol. The molecule has 0 aliphatic carbocycles. The molecule has 0 bridgehead atoms. The summed E-state index contributed by atoms with van der Waals surface area (Å²) in [6, 6.07) is 0. The fourth-order valence-corrected chi connectivity index (χ4v) is 7.86. The van der Waals surface area contributed by atoms with Gasteiger partial charge in [-0.1, -0.05) is 245 Å². The standard InChI is InChI=1S/C53H102O5/c1-4-7-10-13-16-19-21-23-25-27-29-31-33-35-37-40-43-46-52(54)57-50-51(49-56-48-45-42-39-18-15-12-9-6-3)58-53(55)47-44-41-38-36-34-32-30-28-26-24-22-20-17-14-11-8-5-2/h23,25,51H,4-22,24,26-50H2,1-3H3/b25-23-. The van der Waals surface area contributed by atoms with Gasteiger partial charge in [-0.05, 0) is 44.9 Å². The Bertz CT molecular complexity index is 840. The molecule has 344 valence electrons. The number of carbonyl (C=O) groups is 2. The van der Waals surface area contributed by atoms with E-state index in [1.165, 1.54) is 225 Å². The first-order valence-electron chi connectivity index (χ1n) is 26.2. The molecular formula is C53H102O5. The zero-order valence-corrected chi connectivity index (χ0v) is 39.6. The molecule has 1 atom stereocenters. The molecule has 0 N–H and O–H groups in total. The first kappa shape index (κ1) is 56.6. The highest BCUT2D eigenvalue weighted by atomic mass is 16.6. The molecule has 0 aliphatic rings. The van der Waals surface area contributed by atoms with Crippen LogP contribution < -0.4 is 0 Å². The SMILES string of the molecule is CCCCCCCC/C=C\CCCCCCCCCC(=O)OCC(COCCCCCCCCCC)OC(=O)CCCCCCCCCCCCCCCCCCC. The Morgan fingerprint density at radius 3 is 1.05 bits per heavy atom. The van der Waals surface area contributed by atoms with Crippen molar-refractivity contribution >= 4 is 11.9 Å². The molecule has 0 aromatic carbocycles. The van der Waals surface area contributed by atoms with Crippen LogP contribution in [0.5, 0.6) is 0 Å². The quantitative estimate of drug-likeness (QED) is 0.0348. The molecule has 0 fully saturated rings. The van der Waals surface area contributed by atoms with E-state index in [2.05, 4.69) is 32.9 Å². The van der Waals surface area contributed by atoms with Crippen LogP contribution in [0.25, 0.3) is 0 Å². The fraction of sp³-hybridized carbons (Fsp3) is 0.925. The molecule has 1 unspecified atom stereocenters. The molecule has 58 heavy (non-hydrogen) atoms. The summed E-state index contributed by atoms with van der Waals surface area (Å²) in [6.45, 7) is 7.86. The number of ether oxygens (including phenoxy) is 3. The first-order valence-corrected chi connectivity index (χ1v) is 26.2. The number of hydrogen-bond donors (Lipinski definition) is 0. The Labute approximate surface area is 363 Å². The minimum absolute atomic E-state index is 0.0917. The second-order valence-electron chi connectivity index (χ2n) is 17.8. The molecule has 5 nitrogen and oxygen atoms in total. The third-order valence-corrected chi connectivity index (χ3v) is 11.8. The number of allylic oxidation sites excluding steroid dienone is 2. The maximum atomic E-state index is 12.8. The van der Waals surface area contributed by atoms with Gasteiger partial charge in [0.1, 0.15) is 6.61 Å². The number of carbonyl (C=O) groups excluding carboxylic acids is 2. The zero-order chi connectivity index (χ0) is 42.1. The van der Waals surface area contributed by atoms with E-state index in [0.29, 0.717) is 26.1 Å². The Balaban J connectivity index is 4.10. The molecule has 0 radical (unpaired) electrons. The van der Waals surface area contributed by atoms with Gasteiger partial charge in [0.15, 0.2) is 6.10 Å². The Hall–Kier alpha value is -1.36. The number of hydrogen-bond acceptors (Lipinski definition) is 5. The predicted molar refractivity (Wildman–Crippen MR) is 252 cm³/mol. The summed E-state index contributed by atoms with van der Waals surface area (Å²) in [5, 5.41) is 0. The smallest absolute Gasteiger partial charge is 0.306 e. The zero-order valence-electron chi connectivity index (χ0n) is 39.6. The van der Waals surface area contributed by atoms with E-state index < -0.39 is 6.10 Å². The molecule has 0 spiro atoms. The van der Waals surface area contributed by atoms with Crippen molar-refractivity contribution in [3.05, 3.63) is 12.2 Å². The van der Waals surface area contributed by atoms with Crippen molar-refractivity contribution in [3.63, 3.8) is 0 Å². The molecule has 0 rings (SSSR count). The fourth-order valence-electron chi connectivity index (χ4n) is 7.86. The van der Waals surface area contributed by atoms with Crippen LogP contribution in [0.1, 0.15) is 290 Å². The van der Waals surface area contributed by atoms with E-state index >= 15 is 0 Å². The lowest BCUT2D eigenvalue weighted by Crippen LogP contribution is -2.30. The van der Waals surface area contributed by atoms with Gasteiger partial charge in [-0.3, -0.25) is 9.59 Å². The van der Waals surface area contributed by atoms with Crippen LogP contribution in [0.2, 0.25) is 0 Å². The van der Waals surface area contributed by atoms with Gasteiger partial charge in [0.25, 0.3) is 0 Å². The summed E-state index contributed by atoms with van der Waals surface area (Å²) in [5.74, 6) is -0.382. The summed E-state index contributed by atoms with van der Waals surface area (Å²) in [4.78, 5) is 25.3. The number of rotatable bonds is 49. The summed E-state index contributed by atoms with van der Waals surface area (Å²) in [5.41, 5.74) is 0. The molecule has 0 saturated heterocycles. The molecule has 0 amide bonds. The van der Waals surface area contributed by atoms with Gasteiger partial charge >= 0.3 is 11.9 Å². The highest BCUT2D eigenvalue weighted by Crippen LogP contribution is 2.16. The van der Waals surface area contributed by atoms with Gasteiger partial charge in [-0.15, -0.1) is 0 Å². The van der Waals surface area contributed by atoms with Crippen LogP contribution in [0.4, 0.5) is 0 Å². The number of esters is 2. The summed E-state index contributed by atoms with van der Waals surface area (Å²) >= 11 is 0. The first-order chi connectivity index (χ1) is 28.6. The molecule has 0 heterocycles.